The Morgan fingerprint density at radius 1 is 1.04 bits per heavy atom. The molecular formula is C20H31NO2. The lowest BCUT2D eigenvalue weighted by Gasteiger charge is -2.35. The quantitative estimate of drug-likeness (QED) is 0.505. The van der Waals surface area contributed by atoms with E-state index in [4.69, 9.17) is 0 Å². The van der Waals surface area contributed by atoms with Gasteiger partial charge < -0.3 is 0 Å². The maximum absolute atomic E-state index is 11.9. The number of rotatable bonds is 9. The molecule has 0 aromatic heterocycles. The first-order chi connectivity index (χ1) is 11.2. The Kier molecular flexibility index (Phi) is 7.60. The van der Waals surface area contributed by atoms with E-state index in [-0.39, 0.29) is 11.8 Å². The van der Waals surface area contributed by atoms with Crippen LogP contribution in [-0.2, 0) is 4.79 Å². The van der Waals surface area contributed by atoms with Gasteiger partial charge in [0.15, 0.2) is 0 Å². The molecule has 1 aromatic carbocycles. The number of unbranched alkanes of at least 4 members (excludes halogenated alkanes) is 6. The predicted octanol–water partition coefficient (Wildman–Crippen LogP) is 5.15. The molecule has 1 aromatic rings. The normalized spacial score (nSPS) is 21.7. The van der Waals surface area contributed by atoms with E-state index >= 15 is 0 Å². The van der Waals surface area contributed by atoms with Crippen LogP contribution in [0.2, 0.25) is 0 Å². The molecule has 1 saturated heterocycles. The van der Waals surface area contributed by atoms with Gasteiger partial charge in [-0.25, -0.2) is 5.06 Å². The summed E-state index contributed by atoms with van der Waals surface area (Å²) in [6.07, 6.45) is 10.7. The van der Waals surface area contributed by atoms with Gasteiger partial charge in [0.25, 0.3) is 0 Å². The van der Waals surface area contributed by atoms with Gasteiger partial charge >= 0.3 is 0 Å². The number of benzene rings is 1. The number of carbonyl (C=O) groups is 1. The number of hydrogen-bond donors (Lipinski definition) is 1. The lowest BCUT2D eigenvalue weighted by molar-refractivity contribution is -0.174. The number of carbonyl (C=O) groups excluding carboxylic acids is 1. The van der Waals surface area contributed by atoms with Crippen molar-refractivity contribution in [2.75, 3.05) is 6.54 Å². The van der Waals surface area contributed by atoms with Crippen molar-refractivity contribution < 1.29 is 10.0 Å². The van der Waals surface area contributed by atoms with Crippen molar-refractivity contribution in [3.05, 3.63) is 35.9 Å². The first-order valence-electron chi connectivity index (χ1n) is 9.26. The second-order valence-electron chi connectivity index (χ2n) is 6.87. The topological polar surface area (TPSA) is 40.5 Å². The van der Waals surface area contributed by atoms with Crippen LogP contribution in [0.25, 0.3) is 0 Å². The third-order valence-electron chi connectivity index (χ3n) is 5.07. The Morgan fingerprint density at radius 3 is 2.39 bits per heavy atom. The van der Waals surface area contributed by atoms with Crippen LogP contribution in [0, 0.1) is 5.92 Å². The molecule has 128 valence electrons. The lowest BCUT2D eigenvalue weighted by atomic mass is 9.78. The molecule has 23 heavy (non-hydrogen) atoms. The summed E-state index contributed by atoms with van der Waals surface area (Å²) in [6, 6.07) is 10.3. The van der Waals surface area contributed by atoms with Crippen LogP contribution in [0.15, 0.2) is 30.3 Å². The van der Waals surface area contributed by atoms with E-state index in [1.54, 1.807) is 0 Å². The van der Waals surface area contributed by atoms with Crippen molar-refractivity contribution in [3.8, 4) is 0 Å². The monoisotopic (exact) mass is 317 g/mol. The Morgan fingerprint density at radius 2 is 1.70 bits per heavy atom. The summed E-state index contributed by atoms with van der Waals surface area (Å²) in [5, 5.41) is 10.7. The minimum Gasteiger partial charge on any atom is -0.286 e. The Labute approximate surface area is 140 Å². The van der Waals surface area contributed by atoms with Crippen molar-refractivity contribution in [3.63, 3.8) is 0 Å². The van der Waals surface area contributed by atoms with Crippen molar-refractivity contribution in [1.29, 1.82) is 0 Å². The lowest BCUT2D eigenvalue weighted by Crippen LogP contribution is -2.41. The molecule has 0 saturated carbocycles. The zero-order chi connectivity index (χ0) is 16.5. The van der Waals surface area contributed by atoms with Gasteiger partial charge in [0, 0.05) is 12.3 Å². The minimum absolute atomic E-state index is 0.120. The smallest absolute Gasteiger partial charge is 0.246 e. The molecule has 1 aliphatic heterocycles. The zero-order valence-corrected chi connectivity index (χ0v) is 14.4. The van der Waals surface area contributed by atoms with E-state index in [0.29, 0.717) is 18.9 Å². The van der Waals surface area contributed by atoms with Crippen LogP contribution >= 0.6 is 0 Å². The average Bonchev–Trinajstić information content (AvgIpc) is 2.57. The van der Waals surface area contributed by atoms with Gasteiger partial charge in [-0.1, -0.05) is 82.2 Å². The number of nitrogens with zero attached hydrogens (tertiary/aromatic N) is 1. The summed E-state index contributed by atoms with van der Waals surface area (Å²) >= 11 is 0. The second-order valence-corrected chi connectivity index (χ2v) is 6.87. The fraction of sp³-hybridized carbons (Fsp3) is 0.650. The Balaban J connectivity index is 1.83. The molecule has 1 N–H and O–H groups in total. The third kappa shape index (κ3) is 5.65. The predicted molar refractivity (Wildman–Crippen MR) is 93.4 cm³/mol. The summed E-state index contributed by atoms with van der Waals surface area (Å²) in [5.41, 5.74) is 1.24. The molecule has 0 bridgehead atoms. The molecule has 2 rings (SSSR count). The van der Waals surface area contributed by atoms with Crippen LogP contribution < -0.4 is 0 Å². The molecular weight excluding hydrogens is 286 g/mol. The molecule has 1 fully saturated rings. The molecule has 2 atom stereocenters. The highest BCUT2D eigenvalue weighted by Gasteiger charge is 2.33. The van der Waals surface area contributed by atoms with Gasteiger partial charge in [0.1, 0.15) is 0 Å². The number of amides is 1. The largest absolute Gasteiger partial charge is 0.286 e. The highest BCUT2D eigenvalue weighted by atomic mass is 16.5. The molecule has 0 radical (unpaired) electrons. The standard InChI is InChI=1S/C20H31NO2/c1-2-3-4-5-6-7-9-14-18-15-20(22)21(23)16-19(18)17-12-10-8-11-13-17/h8,10-13,18-19,23H,2-7,9,14-16H2,1H3/t18-,19-/m0/s1. The summed E-state index contributed by atoms with van der Waals surface area (Å²) in [6.45, 7) is 2.68. The van der Waals surface area contributed by atoms with Gasteiger partial charge in [-0.3, -0.25) is 10.0 Å². The molecule has 3 nitrogen and oxygen atoms in total. The second kappa shape index (κ2) is 9.71. The maximum atomic E-state index is 11.9. The van der Waals surface area contributed by atoms with Gasteiger partial charge in [-0.2, -0.15) is 0 Å². The molecule has 0 unspecified atom stereocenters. The number of hydroxylamine groups is 2. The molecule has 1 amide bonds. The fourth-order valence-electron chi connectivity index (χ4n) is 3.65. The zero-order valence-electron chi connectivity index (χ0n) is 14.4. The van der Waals surface area contributed by atoms with E-state index in [1.165, 1.54) is 50.5 Å². The van der Waals surface area contributed by atoms with E-state index in [1.807, 2.05) is 18.2 Å². The molecule has 1 heterocycles. The first kappa shape index (κ1) is 18.0. The van der Waals surface area contributed by atoms with Crippen molar-refractivity contribution in [1.82, 2.24) is 5.06 Å². The summed E-state index contributed by atoms with van der Waals surface area (Å²) in [7, 11) is 0. The highest BCUT2D eigenvalue weighted by molar-refractivity contribution is 5.76. The third-order valence-corrected chi connectivity index (χ3v) is 5.07. The maximum Gasteiger partial charge on any atom is 0.246 e. The molecule has 0 spiro atoms. The average molecular weight is 317 g/mol. The number of piperidine rings is 1. The van der Waals surface area contributed by atoms with E-state index in [0.717, 1.165) is 11.5 Å². The summed E-state index contributed by atoms with van der Waals surface area (Å²) in [5.74, 6) is 0.507. The SMILES string of the molecule is CCCCCCCCC[C@H]1CC(=O)N(O)C[C@H]1c1ccccc1. The van der Waals surface area contributed by atoms with Crippen molar-refractivity contribution in [2.24, 2.45) is 5.92 Å². The fourth-order valence-corrected chi connectivity index (χ4v) is 3.65. The Hall–Kier alpha value is -1.35. The highest BCUT2D eigenvalue weighted by Crippen LogP contribution is 2.35. The van der Waals surface area contributed by atoms with E-state index in [2.05, 4.69) is 19.1 Å². The van der Waals surface area contributed by atoms with Crippen LogP contribution in [-0.4, -0.2) is 22.7 Å². The molecule has 3 heteroatoms. The van der Waals surface area contributed by atoms with Gasteiger partial charge in [0.05, 0.1) is 6.54 Å². The van der Waals surface area contributed by atoms with Gasteiger partial charge in [0.2, 0.25) is 5.91 Å². The summed E-state index contributed by atoms with van der Waals surface area (Å²) in [4.78, 5) is 11.9. The van der Waals surface area contributed by atoms with E-state index in [9.17, 15) is 10.0 Å². The molecule has 0 aliphatic carbocycles. The van der Waals surface area contributed by atoms with Crippen LogP contribution in [0.5, 0.6) is 0 Å². The summed E-state index contributed by atoms with van der Waals surface area (Å²) < 4.78 is 0. The number of hydrogen-bond acceptors (Lipinski definition) is 2. The van der Waals surface area contributed by atoms with Gasteiger partial charge in [-0.05, 0) is 17.9 Å². The van der Waals surface area contributed by atoms with E-state index < -0.39 is 0 Å². The first-order valence-corrected chi connectivity index (χ1v) is 9.26. The Bertz CT molecular complexity index is 460. The van der Waals surface area contributed by atoms with Crippen LogP contribution in [0.4, 0.5) is 0 Å². The molecule has 1 aliphatic rings. The van der Waals surface area contributed by atoms with Gasteiger partial charge in [-0.15, -0.1) is 0 Å². The van der Waals surface area contributed by atoms with Crippen LogP contribution in [0.1, 0.15) is 76.2 Å². The minimum atomic E-state index is -0.120. The van der Waals surface area contributed by atoms with Crippen molar-refractivity contribution >= 4 is 5.91 Å². The van der Waals surface area contributed by atoms with Crippen molar-refractivity contribution in [2.45, 2.75) is 70.6 Å². The van der Waals surface area contributed by atoms with Crippen LogP contribution in [0.3, 0.4) is 0 Å².